The highest BCUT2D eigenvalue weighted by Crippen LogP contribution is 2.45. The first kappa shape index (κ1) is 25.1. The number of anilines is 1. The van der Waals surface area contributed by atoms with Crippen LogP contribution in [0.25, 0.3) is 0 Å². The average molecular weight is 529 g/mol. The number of fused-ring (bicyclic) bond motifs is 5. The van der Waals surface area contributed by atoms with Crippen molar-refractivity contribution in [2.45, 2.75) is 75.3 Å². The predicted octanol–water partition coefficient (Wildman–Crippen LogP) is 6.12. The first-order valence-corrected chi connectivity index (χ1v) is 14.6. The van der Waals surface area contributed by atoms with E-state index in [9.17, 15) is 4.79 Å². The number of ether oxygens (including phenoxy) is 1. The third-order valence-electron chi connectivity index (χ3n) is 8.03. The Morgan fingerprint density at radius 3 is 2.97 bits per heavy atom. The second-order valence-electron chi connectivity index (χ2n) is 11.0. The molecular weight excluding hydrogens is 492 g/mol. The van der Waals surface area contributed by atoms with Gasteiger partial charge in [-0.2, -0.15) is 5.10 Å². The zero-order valence-electron chi connectivity index (χ0n) is 22.1. The molecule has 3 aromatic rings. The van der Waals surface area contributed by atoms with Crippen LogP contribution in [0.15, 0.2) is 65.8 Å². The zero-order chi connectivity index (χ0) is 26.0. The molecule has 1 aromatic heterocycles. The molecule has 6 nitrogen and oxygen atoms in total. The SMILES string of the molecule is Cc1ccc2c(c1)CCCC21COc2ccc3cc2N(Cc2cnn(c2)C/C=C/CCCCC(=O)NS3)C1. The highest BCUT2D eigenvalue weighted by molar-refractivity contribution is 7.98. The third kappa shape index (κ3) is 5.35. The van der Waals surface area contributed by atoms with Crippen LogP contribution in [0.2, 0.25) is 0 Å². The van der Waals surface area contributed by atoms with Crippen molar-refractivity contribution in [3.05, 3.63) is 83.2 Å². The molecule has 0 fully saturated rings. The van der Waals surface area contributed by atoms with Crippen LogP contribution in [0.5, 0.6) is 5.75 Å². The Balaban J connectivity index is 1.38. The van der Waals surface area contributed by atoms with E-state index in [1.807, 2.05) is 10.9 Å². The molecule has 7 heteroatoms. The van der Waals surface area contributed by atoms with Crippen molar-refractivity contribution >= 4 is 23.5 Å². The van der Waals surface area contributed by atoms with E-state index >= 15 is 0 Å². The van der Waals surface area contributed by atoms with Gasteiger partial charge in [-0.3, -0.25) is 14.2 Å². The molecule has 4 bridgehead atoms. The molecule has 38 heavy (non-hydrogen) atoms. The summed E-state index contributed by atoms with van der Waals surface area (Å²) in [6.07, 6.45) is 15.4. The Morgan fingerprint density at radius 1 is 1.08 bits per heavy atom. The summed E-state index contributed by atoms with van der Waals surface area (Å²) in [5, 5.41) is 4.65. The van der Waals surface area contributed by atoms with Crippen molar-refractivity contribution < 1.29 is 9.53 Å². The number of amides is 1. The van der Waals surface area contributed by atoms with Crippen LogP contribution in [0.3, 0.4) is 0 Å². The highest BCUT2D eigenvalue weighted by Gasteiger charge is 2.41. The van der Waals surface area contributed by atoms with E-state index in [0.29, 0.717) is 13.0 Å². The van der Waals surface area contributed by atoms with Gasteiger partial charge >= 0.3 is 0 Å². The molecule has 1 spiro atoms. The fourth-order valence-electron chi connectivity index (χ4n) is 6.12. The number of nitrogens with zero attached hydrogens (tertiary/aromatic N) is 3. The molecule has 0 saturated heterocycles. The number of benzene rings is 2. The van der Waals surface area contributed by atoms with Crippen LogP contribution in [0.4, 0.5) is 5.69 Å². The Kier molecular flexibility index (Phi) is 7.20. The first-order valence-electron chi connectivity index (χ1n) is 13.8. The van der Waals surface area contributed by atoms with Gasteiger partial charge in [0.25, 0.3) is 0 Å². The van der Waals surface area contributed by atoms with E-state index in [1.54, 1.807) is 0 Å². The van der Waals surface area contributed by atoms with Gasteiger partial charge in [-0.25, -0.2) is 0 Å². The molecule has 6 rings (SSSR count). The first-order chi connectivity index (χ1) is 18.6. The molecule has 1 amide bonds. The van der Waals surface area contributed by atoms with Crippen molar-refractivity contribution in [3.63, 3.8) is 0 Å². The van der Waals surface area contributed by atoms with Gasteiger partial charge in [0, 0.05) is 41.6 Å². The van der Waals surface area contributed by atoms with Crippen LogP contribution in [0, 0.1) is 6.92 Å². The largest absolute Gasteiger partial charge is 0.490 e. The number of nitrogens with one attached hydrogen (secondary N) is 1. The van der Waals surface area contributed by atoms with Gasteiger partial charge in [-0.15, -0.1) is 0 Å². The fourth-order valence-corrected chi connectivity index (χ4v) is 6.76. The van der Waals surface area contributed by atoms with Crippen molar-refractivity contribution in [1.29, 1.82) is 0 Å². The van der Waals surface area contributed by atoms with Crippen molar-refractivity contribution in [2.24, 2.45) is 0 Å². The van der Waals surface area contributed by atoms with Gasteiger partial charge in [0.05, 0.1) is 25.0 Å². The lowest BCUT2D eigenvalue weighted by Gasteiger charge is -2.40. The fraction of sp³-hybridized carbons (Fsp3) is 0.419. The summed E-state index contributed by atoms with van der Waals surface area (Å²) < 4.78 is 11.7. The van der Waals surface area contributed by atoms with E-state index < -0.39 is 0 Å². The number of aryl methyl sites for hydroxylation is 2. The van der Waals surface area contributed by atoms with Crippen molar-refractivity contribution in [3.8, 4) is 5.75 Å². The van der Waals surface area contributed by atoms with Crippen molar-refractivity contribution in [2.75, 3.05) is 18.1 Å². The molecule has 1 unspecified atom stereocenters. The second kappa shape index (κ2) is 10.9. The number of carbonyl (C=O) groups is 1. The van der Waals surface area contributed by atoms with E-state index in [-0.39, 0.29) is 11.3 Å². The minimum atomic E-state index is -0.0719. The number of carbonyl (C=O) groups excluding carboxylic acids is 1. The standard InChI is InChI=1S/C31H36N4O2S/c1-23-10-12-27-25(16-23)8-7-14-31(27)21-34-19-24-18-32-35(20-24)15-6-4-2-3-5-9-30(36)33-38-26-11-13-29(37-22-31)28(34)17-26/h4,6,10-13,16-18,20H,2-3,5,7-9,14-15,19,21-22H2,1H3,(H,33,36)/b6-4+. The summed E-state index contributed by atoms with van der Waals surface area (Å²) in [4.78, 5) is 15.9. The molecule has 1 aliphatic carbocycles. The van der Waals surface area contributed by atoms with Gasteiger partial charge in [-0.05, 0) is 86.7 Å². The summed E-state index contributed by atoms with van der Waals surface area (Å²) in [6, 6.07) is 13.3. The Labute approximate surface area is 229 Å². The molecular formula is C31H36N4O2S. The Hall–Kier alpha value is -3.19. The quantitative estimate of drug-likeness (QED) is 0.281. The maximum atomic E-state index is 12.4. The second-order valence-corrected chi connectivity index (χ2v) is 11.9. The van der Waals surface area contributed by atoms with Gasteiger partial charge in [0.1, 0.15) is 5.75 Å². The minimum Gasteiger partial charge on any atom is -0.490 e. The molecule has 2 aliphatic heterocycles. The maximum absolute atomic E-state index is 12.4. The molecule has 3 aliphatic rings. The van der Waals surface area contributed by atoms with Gasteiger partial charge < -0.3 is 9.64 Å². The number of allylic oxidation sites excluding steroid dienone is 2. The lowest BCUT2D eigenvalue weighted by Crippen LogP contribution is -2.45. The third-order valence-corrected chi connectivity index (χ3v) is 8.85. The smallest absolute Gasteiger partial charge is 0.230 e. The Bertz CT molecular complexity index is 1350. The van der Waals surface area contributed by atoms with Gasteiger partial charge in [0.2, 0.25) is 5.91 Å². The molecule has 1 N–H and O–H groups in total. The summed E-state index contributed by atoms with van der Waals surface area (Å²) in [5.74, 6) is 0.987. The molecule has 198 valence electrons. The van der Waals surface area contributed by atoms with Crippen molar-refractivity contribution in [1.82, 2.24) is 14.5 Å². The molecule has 0 saturated carbocycles. The predicted molar refractivity (Wildman–Crippen MR) is 153 cm³/mol. The maximum Gasteiger partial charge on any atom is 0.230 e. The summed E-state index contributed by atoms with van der Waals surface area (Å²) in [6.45, 7) is 5.24. The van der Waals surface area contributed by atoms with Crippen LogP contribution >= 0.6 is 11.9 Å². The van der Waals surface area contributed by atoms with Crippen LogP contribution in [-0.2, 0) is 29.7 Å². The van der Waals surface area contributed by atoms with E-state index in [1.165, 1.54) is 40.6 Å². The lowest BCUT2D eigenvalue weighted by molar-refractivity contribution is -0.119. The number of hydrogen-bond acceptors (Lipinski definition) is 5. The van der Waals surface area contributed by atoms with Crippen LogP contribution in [0.1, 0.15) is 60.8 Å². The monoisotopic (exact) mass is 528 g/mol. The summed E-state index contributed by atoms with van der Waals surface area (Å²) in [7, 11) is 0. The summed E-state index contributed by atoms with van der Waals surface area (Å²) in [5.41, 5.74) is 6.41. The number of rotatable bonds is 0. The van der Waals surface area contributed by atoms with E-state index in [0.717, 1.165) is 68.1 Å². The van der Waals surface area contributed by atoms with Crippen LogP contribution < -0.4 is 14.4 Å². The average Bonchev–Trinajstić information content (AvgIpc) is 3.30. The highest BCUT2D eigenvalue weighted by atomic mass is 32.2. The topological polar surface area (TPSA) is 59.4 Å². The van der Waals surface area contributed by atoms with Crippen LogP contribution in [-0.4, -0.2) is 28.8 Å². The van der Waals surface area contributed by atoms with Gasteiger partial charge in [0.15, 0.2) is 0 Å². The minimum absolute atomic E-state index is 0.0719. The summed E-state index contributed by atoms with van der Waals surface area (Å²) >= 11 is 1.40. The lowest BCUT2D eigenvalue weighted by atomic mass is 9.69. The molecule has 0 radical (unpaired) electrons. The Morgan fingerprint density at radius 2 is 2.03 bits per heavy atom. The number of hydrogen-bond donors (Lipinski definition) is 1. The zero-order valence-corrected chi connectivity index (χ0v) is 22.9. The molecule has 3 heterocycles. The molecule has 2 aromatic carbocycles. The number of aromatic nitrogens is 2. The molecule has 1 atom stereocenters. The normalized spacial score (nSPS) is 22.9. The van der Waals surface area contributed by atoms with E-state index in [2.05, 4.69) is 76.4 Å². The van der Waals surface area contributed by atoms with E-state index in [4.69, 9.17) is 4.74 Å². The van der Waals surface area contributed by atoms with Gasteiger partial charge in [-0.1, -0.05) is 35.9 Å².